The number of likely N-dealkylation sites (tertiary alicyclic amines) is 1. The van der Waals surface area contributed by atoms with E-state index in [1.807, 2.05) is 11.3 Å². The zero-order chi connectivity index (χ0) is 20.0. The molecule has 0 atom stereocenters. The maximum absolute atomic E-state index is 5.12. The zero-order valence-electron chi connectivity index (χ0n) is 18.4. The Kier molecular flexibility index (Phi) is 15.0. The van der Waals surface area contributed by atoms with E-state index in [2.05, 4.69) is 51.9 Å². The van der Waals surface area contributed by atoms with Crippen molar-refractivity contribution in [3.05, 3.63) is 22.4 Å². The van der Waals surface area contributed by atoms with Gasteiger partial charge in [-0.3, -0.25) is 9.89 Å². The van der Waals surface area contributed by atoms with Crippen molar-refractivity contribution in [3.63, 3.8) is 0 Å². The van der Waals surface area contributed by atoms with Gasteiger partial charge in [-0.1, -0.05) is 6.07 Å². The van der Waals surface area contributed by atoms with E-state index in [1.165, 1.54) is 30.8 Å². The molecule has 8 heteroatoms. The lowest BCUT2D eigenvalue weighted by atomic mass is 9.97. The van der Waals surface area contributed by atoms with Crippen molar-refractivity contribution in [1.82, 2.24) is 20.4 Å². The lowest BCUT2D eigenvalue weighted by Gasteiger charge is -2.31. The maximum atomic E-state index is 5.12. The van der Waals surface area contributed by atoms with Crippen molar-refractivity contribution in [2.75, 3.05) is 66.6 Å². The normalized spacial score (nSPS) is 16.1. The van der Waals surface area contributed by atoms with Gasteiger partial charge in [0.15, 0.2) is 5.96 Å². The second kappa shape index (κ2) is 16.3. The summed E-state index contributed by atoms with van der Waals surface area (Å²) in [4.78, 5) is 11.2. The molecule has 2 rings (SSSR count). The van der Waals surface area contributed by atoms with Crippen LogP contribution in [0.1, 0.15) is 31.1 Å². The highest BCUT2D eigenvalue weighted by Gasteiger charge is 2.19. The van der Waals surface area contributed by atoms with E-state index in [1.54, 1.807) is 7.11 Å². The van der Waals surface area contributed by atoms with E-state index in [0.29, 0.717) is 5.92 Å². The number of halogens is 1. The van der Waals surface area contributed by atoms with E-state index in [-0.39, 0.29) is 24.0 Å². The van der Waals surface area contributed by atoms with Crippen LogP contribution in [-0.4, -0.2) is 82.3 Å². The smallest absolute Gasteiger partial charge is 0.191 e. The summed E-state index contributed by atoms with van der Waals surface area (Å²) in [5, 5.41) is 9.03. The third-order valence-corrected chi connectivity index (χ3v) is 6.05. The maximum Gasteiger partial charge on any atom is 0.191 e. The first-order chi connectivity index (χ1) is 13.7. The number of thiophene rings is 1. The van der Waals surface area contributed by atoms with Gasteiger partial charge in [0.25, 0.3) is 0 Å². The number of rotatable bonds is 12. The topological polar surface area (TPSA) is 52.1 Å². The first-order valence-electron chi connectivity index (χ1n) is 10.7. The number of piperidine rings is 1. The van der Waals surface area contributed by atoms with Crippen molar-refractivity contribution in [1.29, 1.82) is 0 Å². The molecule has 1 aliphatic rings. The Morgan fingerprint density at radius 1 is 1.31 bits per heavy atom. The molecule has 0 amide bonds. The first-order valence-corrected chi connectivity index (χ1v) is 11.5. The van der Waals surface area contributed by atoms with Gasteiger partial charge in [0.1, 0.15) is 0 Å². The highest BCUT2D eigenvalue weighted by Crippen LogP contribution is 2.20. The molecule has 168 valence electrons. The highest BCUT2D eigenvalue weighted by molar-refractivity contribution is 14.0. The fourth-order valence-corrected chi connectivity index (χ4v) is 4.21. The Morgan fingerprint density at radius 2 is 2.10 bits per heavy atom. The van der Waals surface area contributed by atoms with Crippen molar-refractivity contribution in [3.8, 4) is 0 Å². The van der Waals surface area contributed by atoms with Crippen LogP contribution in [-0.2, 0) is 11.3 Å². The van der Waals surface area contributed by atoms with Gasteiger partial charge in [-0.05, 0) is 63.7 Å². The molecule has 1 aromatic heterocycles. The van der Waals surface area contributed by atoms with E-state index < -0.39 is 0 Å². The Labute approximate surface area is 198 Å². The predicted molar refractivity (Wildman–Crippen MR) is 136 cm³/mol. The molecule has 1 aliphatic heterocycles. The fraction of sp³-hybridized carbons (Fsp3) is 0.762. The lowest BCUT2D eigenvalue weighted by molar-refractivity contribution is 0.180. The largest absolute Gasteiger partial charge is 0.385 e. The molecule has 0 spiro atoms. The number of hydrogen-bond acceptors (Lipinski definition) is 5. The van der Waals surface area contributed by atoms with Crippen LogP contribution in [0.15, 0.2) is 22.5 Å². The molecular formula is C21H40IN5OS. The predicted octanol–water partition coefficient (Wildman–Crippen LogP) is 3.10. The zero-order valence-corrected chi connectivity index (χ0v) is 21.5. The second-order valence-electron chi connectivity index (χ2n) is 7.59. The summed E-state index contributed by atoms with van der Waals surface area (Å²) >= 11 is 1.86. The number of ether oxygens (including phenoxy) is 1. The molecular weight excluding hydrogens is 497 g/mol. The Bertz CT molecular complexity index is 535. The first kappa shape index (κ1) is 26.6. The minimum atomic E-state index is 0. The quantitative estimate of drug-likeness (QED) is 0.186. The number of guanidine groups is 1. The van der Waals surface area contributed by atoms with Gasteiger partial charge in [0, 0.05) is 57.9 Å². The van der Waals surface area contributed by atoms with Crippen molar-refractivity contribution in [2.45, 2.75) is 32.7 Å². The van der Waals surface area contributed by atoms with Crippen molar-refractivity contribution < 1.29 is 4.74 Å². The molecule has 2 N–H and O–H groups in total. The molecule has 1 aromatic rings. The Balaban J connectivity index is 0.00000420. The molecule has 2 heterocycles. The van der Waals surface area contributed by atoms with E-state index >= 15 is 0 Å². The molecule has 29 heavy (non-hydrogen) atoms. The third kappa shape index (κ3) is 11.5. The van der Waals surface area contributed by atoms with Gasteiger partial charge >= 0.3 is 0 Å². The van der Waals surface area contributed by atoms with Gasteiger partial charge in [-0.25, -0.2) is 0 Å². The van der Waals surface area contributed by atoms with Crippen molar-refractivity contribution >= 4 is 41.3 Å². The number of nitrogens with one attached hydrogen (secondary N) is 2. The minimum Gasteiger partial charge on any atom is -0.385 e. The molecule has 0 bridgehead atoms. The molecule has 0 aromatic carbocycles. The molecule has 0 saturated carbocycles. The summed E-state index contributed by atoms with van der Waals surface area (Å²) in [5.74, 6) is 1.65. The fourth-order valence-electron chi connectivity index (χ4n) is 3.47. The summed E-state index contributed by atoms with van der Waals surface area (Å²) in [6, 6.07) is 4.39. The molecule has 1 saturated heterocycles. The number of methoxy groups -OCH3 is 1. The highest BCUT2D eigenvalue weighted by atomic mass is 127. The van der Waals surface area contributed by atoms with E-state index in [0.717, 1.165) is 58.3 Å². The average molecular weight is 538 g/mol. The number of likely N-dealkylation sites (N-methyl/N-ethyl adjacent to an activating group) is 1. The van der Waals surface area contributed by atoms with E-state index in [9.17, 15) is 0 Å². The van der Waals surface area contributed by atoms with Crippen LogP contribution >= 0.6 is 35.3 Å². The van der Waals surface area contributed by atoms with Crippen LogP contribution < -0.4 is 10.6 Å². The van der Waals surface area contributed by atoms with Crippen LogP contribution in [0.5, 0.6) is 0 Å². The molecule has 1 fully saturated rings. The third-order valence-electron chi connectivity index (χ3n) is 5.19. The van der Waals surface area contributed by atoms with Crippen LogP contribution in [0.3, 0.4) is 0 Å². The van der Waals surface area contributed by atoms with Crippen molar-refractivity contribution in [2.24, 2.45) is 10.9 Å². The Morgan fingerprint density at radius 3 is 2.76 bits per heavy atom. The summed E-state index contributed by atoms with van der Waals surface area (Å²) < 4.78 is 5.12. The average Bonchev–Trinajstić information content (AvgIpc) is 3.20. The van der Waals surface area contributed by atoms with Crippen LogP contribution in [0, 0.1) is 5.92 Å². The molecule has 0 radical (unpaired) electrons. The van der Waals surface area contributed by atoms with Gasteiger partial charge in [-0.2, -0.15) is 0 Å². The summed E-state index contributed by atoms with van der Waals surface area (Å²) in [6.07, 6.45) is 3.57. The summed E-state index contributed by atoms with van der Waals surface area (Å²) in [7, 11) is 3.92. The summed E-state index contributed by atoms with van der Waals surface area (Å²) in [6.45, 7) is 11.2. The molecule has 0 aliphatic carbocycles. The number of aliphatic imine (C=N–C) groups is 1. The molecule has 6 nitrogen and oxygen atoms in total. The SMILES string of the molecule is CCNC(=NCC1CCN(Cc2cccs2)CC1)NCCN(C)CCCOC.I. The van der Waals surface area contributed by atoms with Crippen LogP contribution in [0.4, 0.5) is 0 Å². The monoisotopic (exact) mass is 537 g/mol. The Hall–Kier alpha value is -0.420. The summed E-state index contributed by atoms with van der Waals surface area (Å²) in [5.41, 5.74) is 0. The number of hydrogen-bond donors (Lipinski definition) is 2. The van der Waals surface area contributed by atoms with Crippen LogP contribution in [0.25, 0.3) is 0 Å². The van der Waals surface area contributed by atoms with Gasteiger partial charge in [-0.15, -0.1) is 35.3 Å². The lowest BCUT2D eigenvalue weighted by Crippen LogP contribution is -2.41. The van der Waals surface area contributed by atoms with Gasteiger partial charge in [0.05, 0.1) is 0 Å². The standard InChI is InChI=1S/C21H39N5OS.HI/c1-4-22-21(23-10-14-25(2)11-6-15-27-3)24-17-19-8-12-26(13-9-19)18-20-7-5-16-28-20;/h5,7,16,19H,4,6,8-15,17-18H2,1-3H3,(H2,22,23,24);1H. The second-order valence-corrected chi connectivity index (χ2v) is 8.63. The van der Waals surface area contributed by atoms with Gasteiger partial charge in [0.2, 0.25) is 0 Å². The van der Waals surface area contributed by atoms with E-state index in [4.69, 9.17) is 9.73 Å². The molecule has 0 unspecified atom stereocenters. The minimum absolute atomic E-state index is 0. The van der Waals surface area contributed by atoms with Crippen LogP contribution in [0.2, 0.25) is 0 Å². The van der Waals surface area contributed by atoms with Gasteiger partial charge < -0.3 is 20.3 Å². The number of nitrogens with zero attached hydrogens (tertiary/aromatic N) is 3.